The third-order valence-electron chi connectivity index (χ3n) is 7.91. The predicted octanol–water partition coefficient (Wildman–Crippen LogP) is 2.98. The highest BCUT2D eigenvalue weighted by atomic mass is 32.2. The number of halogens is 2. The summed E-state index contributed by atoms with van der Waals surface area (Å²) in [5, 5.41) is 10.3. The number of sulfonamides is 1. The number of aromatic nitrogens is 2. The number of piperazine rings is 1. The lowest BCUT2D eigenvalue weighted by molar-refractivity contribution is 0.102. The smallest absolute Gasteiger partial charge is 0.434 e. The van der Waals surface area contributed by atoms with Gasteiger partial charge in [0.05, 0.1) is 29.4 Å². The van der Waals surface area contributed by atoms with Crippen molar-refractivity contribution in [1.29, 1.82) is 0 Å². The van der Waals surface area contributed by atoms with Crippen molar-refractivity contribution in [3.05, 3.63) is 64.9 Å². The Bertz CT molecular complexity index is 1690. The van der Waals surface area contributed by atoms with Gasteiger partial charge >= 0.3 is 6.09 Å². The SMILES string of the molecule is CCOC(=O)n1nc(NC(=O)c2ccc(N3CCN(C)CC3)cc2NCCOC)c2c1CCN(S(=O)(=O)c1cc(F)cc(F)c1)C2. The molecule has 1 aromatic heterocycles. The van der Waals surface area contributed by atoms with Crippen LogP contribution in [0, 0.1) is 11.6 Å². The molecule has 3 aromatic rings. The summed E-state index contributed by atoms with van der Waals surface area (Å²) in [7, 11) is -0.703. The minimum Gasteiger partial charge on any atom is -0.448 e. The molecule has 2 aliphatic heterocycles. The van der Waals surface area contributed by atoms with E-state index in [0.29, 0.717) is 36.2 Å². The number of likely N-dealkylation sites (N-methyl/N-ethyl adjacent to an activating group) is 1. The Labute approximate surface area is 266 Å². The van der Waals surface area contributed by atoms with Crippen LogP contribution in [0.2, 0.25) is 0 Å². The topological polar surface area (TPSA) is 138 Å². The monoisotopic (exact) mass is 661 g/mol. The second-order valence-electron chi connectivity index (χ2n) is 11.0. The Balaban J connectivity index is 1.47. The lowest BCUT2D eigenvalue weighted by atomic mass is 10.1. The van der Waals surface area contributed by atoms with Crippen LogP contribution in [0.25, 0.3) is 0 Å². The maximum Gasteiger partial charge on any atom is 0.434 e. The highest BCUT2D eigenvalue weighted by Crippen LogP contribution is 2.32. The van der Waals surface area contributed by atoms with Crippen molar-refractivity contribution in [3.63, 3.8) is 0 Å². The van der Waals surface area contributed by atoms with Gasteiger partial charge in [-0.05, 0) is 44.3 Å². The summed E-state index contributed by atoms with van der Waals surface area (Å²) in [5.74, 6) is -2.65. The molecule has 1 amide bonds. The van der Waals surface area contributed by atoms with Gasteiger partial charge in [0.1, 0.15) is 11.6 Å². The molecule has 3 heterocycles. The molecular formula is C30H37F2N7O6S. The average Bonchev–Trinajstić information content (AvgIpc) is 3.38. The summed E-state index contributed by atoms with van der Waals surface area (Å²) in [6.45, 7) is 5.59. The first kappa shape index (κ1) is 33.2. The summed E-state index contributed by atoms with van der Waals surface area (Å²) in [6.07, 6.45) is -0.765. The number of hydrogen-bond donors (Lipinski definition) is 2. The number of carbonyl (C=O) groups is 2. The van der Waals surface area contributed by atoms with E-state index < -0.39 is 38.6 Å². The molecule has 2 aromatic carbocycles. The van der Waals surface area contributed by atoms with Crippen molar-refractivity contribution in [3.8, 4) is 0 Å². The largest absolute Gasteiger partial charge is 0.448 e. The summed E-state index contributed by atoms with van der Waals surface area (Å²) >= 11 is 0. The van der Waals surface area contributed by atoms with Gasteiger partial charge in [-0.3, -0.25) is 4.79 Å². The van der Waals surface area contributed by atoms with Crippen LogP contribution < -0.4 is 15.5 Å². The maximum atomic E-state index is 13.9. The van der Waals surface area contributed by atoms with Gasteiger partial charge in [0.25, 0.3) is 5.91 Å². The zero-order valence-electron chi connectivity index (χ0n) is 25.9. The van der Waals surface area contributed by atoms with E-state index in [-0.39, 0.29) is 37.5 Å². The molecule has 0 bridgehead atoms. The molecule has 16 heteroatoms. The number of hydrogen-bond acceptors (Lipinski definition) is 10. The number of benzene rings is 2. The predicted molar refractivity (Wildman–Crippen MR) is 167 cm³/mol. The van der Waals surface area contributed by atoms with Crippen LogP contribution in [-0.4, -0.2) is 106 Å². The zero-order chi connectivity index (χ0) is 33.0. The van der Waals surface area contributed by atoms with Crippen LogP contribution in [0.5, 0.6) is 0 Å². The Morgan fingerprint density at radius 1 is 1.02 bits per heavy atom. The van der Waals surface area contributed by atoms with Crippen molar-refractivity contribution in [2.45, 2.75) is 24.8 Å². The van der Waals surface area contributed by atoms with Gasteiger partial charge in [-0.2, -0.15) is 8.99 Å². The van der Waals surface area contributed by atoms with Gasteiger partial charge in [-0.15, -0.1) is 5.10 Å². The molecule has 13 nitrogen and oxygen atoms in total. The van der Waals surface area contributed by atoms with E-state index in [9.17, 15) is 26.8 Å². The number of nitrogens with one attached hydrogen (secondary N) is 2. The van der Waals surface area contributed by atoms with Gasteiger partial charge in [0, 0.05) is 82.3 Å². The fourth-order valence-electron chi connectivity index (χ4n) is 5.46. The fourth-order valence-corrected chi connectivity index (χ4v) is 6.91. The van der Waals surface area contributed by atoms with Gasteiger partial charge in [-0.25, -0.2) is 22.0 Å². The van der Waals surface area contributed by atoms with Gasteiger partial charge < -0.3 is 29.9 Å². The van der Waals surface area contributed by atoms with Crippen LogP contribution in [0.15, 0.2) is 41.3 Å². The molecule has 0 atom stereocenters. The summed E-state index contributed by atoms with van der Waals surface area (Å²) < 4.78 is 67.0. The number of methoxy groups -OCH3 is 1. The number of fused-ring (bicyclic) bond motifs is 1. The zero-order valence-corrected chi connectivity index (χ0v) is 26.7. The molecule has 1 saturated heterocycles. The lowest BCUT2D eigenvalue weighted by Crippen LogP contribution is -2.44. The first-order valence-electron chi connectivity index (χ1n) is 14.9. The maximum absolute atomic E-state index is 13.9. The van der Waals surface area contributed by atoms with E-state index in [1.165, 1.54) is 0 Å². The van der Waals surface area contributed by atoms with Crippen molar-refractivity contribution >= 4 is 39.2 Å². The molecule has 0 unspecified atom stereocenters. The van der Waals surface area contributed by atoms with Gasteiger partial charge in [0.15, 0.2) is 5.82 Å². The summed E-state index contributed by atoms with van der Waals surface area (Å²) in [6, 6.07) is 7.52. The van der Waals surface area contributed by atoms with Gasteiger partial charge in [0.2, 0.25) is 10.0 Å². The minimum absolute atomic E-state index is 0.0254. The van der Waals surface area contributed by atoms with Crippen LogP contribution >= 0.6 is 0 Å². The first-order chi connectivity index (χ1) is 22.0. The third kappa shape index (κ3) is 7.14. The highest BCUT2D eigenvalue weighted by Gasteiger charge is 2.35. The molecule has 0 radical (unpaired) electrons. The fraction of sp³-hybridized carbons (Fsp3) is 0.433. The first-order valence-corrected chi connectivity index (χ1v) is 16.3. The molecule has 2 aliphatic rings. The van der Waals surface area contributed by atoms with Crippen LogP contribution in [0.4, 0.5) is 30.8 Å². The number of amides is 1. The van der Waals surface area contributed by atoms with E-state index >= 15 is 0 Å². The Morgan fingerprint density at radius 2 is 1.74 bits per heavy atom. The highest BCUT2D eigenvalue weighted by molar-refractivity contribution is 7.89. The van der Waals surface area contributed by atoms with E-state index in [1.54, 1.807) is 20.1 Å². The lowest BCUT2D eigenvalue weighted by Gasteiger charge is -2.34. The van der Waals surface area contributed by atoms with E-state index in [0.717, 1.165) is 53.0 Å². The van der Waals surface area contributed by atoms with Gasteiger partial charge in [-0.1, -0.05) is 0 Å². The molecular weight excluding hydrogens is 624 g/mol. The average molecular weight is 662 g/mol. The third-order valence-corrected chi connectivity index (χ3v) is 9.73. The van der Waals surface area contributed by atoms with E-state index in [2.05, 4.69) is 32.6 Å². The number of rotatable bonds is 10. The van der Waals surface area contributed by atoms with Crippen molar-refractivity contribution in [2.24, 2.45) is 0 Å². The number of carbonyl (C=O) groups excluding carboxylic acids is 2. The second-order valence-corrected chi connectivity index (χ2v) is 12.9. The van der Waals surface area contributed by atoms with E-state index in [1.807, 2.05) is 12.1 Å². The van der Waals surface area contributed by atoms with Crippen molar-refractivity contribution in [2.75, 3.05) is 82.2 Å². The molecule has 5 rings (SSSR count). The Kier molecular flexibility index (Phi) is 10.2. The number of ether oxygens (including phenoxy) is 2. The Morgan fingerprint density at radius 3 is 2.41 bits per heavy atom. The summed E-state index contributed by atoms with van der Waals surface area (Å²) in [4.78, 5) is 30.5. The molecule has 0 spiro atoms. The molecule has 46 heavy (non-hydrogen) atoms. The normalized spacial score (nSPS) is 15.8. The molecule has 1 fully saturated rings. The number of nitrogens with zero attached hydrogens (tertiary/aromatic N) is 5. The molecule has 0 aliphatic carbocycles. The standard InChI is InChI=1S/C30H37F2N7O6S/c1-4-45-30(41)39-27-7-9-38(46(42,43)23-16-20(31)15-21(32)17-23)19-25(27)28(35-39)34-29(40)24-6-5-22(18-26(24)33-8-14-44-3)37-12-10-36(2)11-13-37/h5-6,15-18,33H,4,7-14,19H2,1-3H3,(H,34,35,40). The second kappa shape index (κ2) is 14.1. The van der Waals surface area contributed by atoms with Crippen LogP contribution in [0.3, 0.4) is 0 Å². The molecule has 0 saturated carbocycles. The Hall–Kier alpha value is -4.12. The quantitative estimate of drug-likeness (QED) is 0.312. The summed E-state index contributed by atoms with van der Waals surface area (Å²) in [5.41, 5.74) is 2.42. The van der Waals surface area contributed by atoms with Crippen molar-refractivity contribution in [1.82, 2.24) is 19.0 Å². The number of anilines is 3. The molecule has 248 valence electrons. The van der Waals surface area contributed by atoms with E-state index in [4.69, 9.17) is 9.47 Å². The van der Waals surface area contributed by atoms with Crippen LogP contribution in [0.1, 0.15) is 28.5 Å². The van der Waals surface area contributed by atoms with Crippen molar-refractivity contribution < 1.29 is 36.3 Å². The van der Waals surface area contributed by atoms with Crippen LogP contribution in [-0.2, 0) is 32.5 Å². The minimum atomic E-state index is -4.35. The molecule has 2 N–H and O–H groups in total.